The van der Waals surface area contributed by atoms with Crippen molar-refractivity contribution in [3.05, 3.63) is 36.3 Å². The summed E-state index contributed by atoms with van der Waals surface area (Å²) in [6, 6.07) is 4.22. The molecular weight excluding hydrogens is 323 g/mol. The zero-order valence-corrected chi connectivity index (χ0v) is 13.0. The first kappa shape index (κ1) is 16.3. The van der Waals surface area contributed by atoms with Gasteiger partial charge in [0, 0.05) is 38.4 Å². The zero-order valence-electron chi connectivity index (χ0n) is 13.0. The quantitative estimate of drug-likeness (QED) is 0.855. The Morgan fingerprint density at radius 2 is 1.62 bits per heavy atom. The highest BCUT2D eigenvalue weighted by Gasteiger charge is 2.31. The lowest BCUT2D eigenvalue weighted by molar-refractivity contribution is -0.137. The normalized spacial score (nSPS) is 15.5. The Morgan fingerprint density at radius 1 is 0.958 bits per heavy atom. The van der Waals surface area contributed by atoms with Crippen LogP contribution in [0, 0.1) is 0 Å². The third-order valence-electron chi connectivity index (χ3n) is 3.84. The van der Waals surface area contributed by atoms with E-state index in [1.54, 1.807) is 13.2 Å². The van der Waals surface area contributed by atoms with Gasteiger partial charge in [0.2, 0.25) is 5.88 Å². The van der Waals surface area contributed by atoms with E-state index in [9.17, 15) is 13.2 Å². The van der Waals surface area contributed by atoms with Crippen molar-refractivity contribution in [1.29, 1.82) is 0 Å². The molecule has 0 unspecified atom stereocenters. The first-order valence-corrected chi connectivity index (χ1v) is 7.36. The lowest BCUT2D eigenvalue weighted by Gasteiger charge is -2.36. The molecule has 0 aromatic carbocycles. The van der Waals surface area contributed by atoms with Crippen LogP contribution in [-0.4, -0.2) is 48.2 Å². The highest BCUT2D eigenvalue weighted by Crippen LogP contribution is 2.29. The Hall–Kier alpha value is -2.58. The smallest absolute Gasteiger partial charge is 0.417 e. The molecule has 1 aliphatic rings. The van der Waals surface area contributed by atoms with E-state index >= 15 is 0 Å². The van der Waals surface area contributed by atoms with E-state index in [0.29, 0.717) is 37.9 Å². The largest absolute Gasteiger partial charge is 0.481 e. The molecule has 1 fully saturated rings. The van der Waals surface area contributed by atoms with Gasteiger partial charge in [-0.25, -0.2) is 15.0 Å². The van der Waals surface area contributed by atoms with Crippen LogP contribution < -0.4 is 14.5 Å². The number of anilines is 2. The average Bonchev–Trinajstić information content (AvgIpc) is 2.61. The summed E-state index contributed by atoms with van der Waals surface area (Å²) in [5, 5.41) is 0. The number of hydrogen-bond donors (Lipinski definition) is 0. The molecule has 2 aromatic rings. The minimum atomic E-state index is -4.36. The molecule has 3 heterocycles. The van der Waals surface area contributed by atoms with Crippen LogP contribution in [0.2, 0.25) is 0 Å². The molecule has 6 nitrogen and oxygen atoms in total. The minimum absolute atomic E-state index is 0.492. The summed E-state index contributed by atoms with van der Waals surface area (Å²) in [5.74, 6) is 1.80. The van der Waals surface area contributed by atoms with Gasteiger partial charge < -0.3 is 14.5 Å². The number of nitrogens with zero attached hydrogens (tertiary/aromatic N) is 5. The van der Waals surface area contributed by atoms with Crippen molar-refractivity contribution in [2.75, 3.05) is 43.1 Å². The number of hydrogen-bond acceptors (Lipinski definition) is 6. The van der Waals surface area contributed by atoms with Crippen molar-refractivity contribution < 1.29 is 17.9 Å². The van der Waals surface area contributed by atoms with E-state index in [4.69, 9.17) is 4.74 Å². The Morgan fingerprint density at radius 3 is 2.17 bits per heavy atom. The molecule has 0 radical (unpaired) electrons. The number of methoxy groups -OCH3 is 1. The molecule has 3 rings (SSSR count). The topological polar surface area (TPSA) is 54.4 Å². The number of alkyl halides is 3. The summed E-state index contributed by atoms with van der Waals surface area (Å²) in [7, 11) is 1.54. The molecule has 128 valence electrons. The summed E-state index contributed by atoms with van der Waals surface area (Å²) in [6.45, 7) is 2.65. The second-order valence-corrected chi connectivity index (χ2v) is 5.30. The molecule has 1 saturated heterocycles. The Kier molecular flexibility index (Phi) is 4.41. The third-order valence-corrected chi connectivity index (χ3v) is 3.84. The van der Waals surface area contributed by atoms with Crippen molar-refractivity contribution in [2.24, 2.45) is 0 Å². The number of piperazine rings is 1. The van der Waals surface area contributed by atoms with Gasteiger partial charge in [-0.15, -0.1) is 0 Å². The van der Waals surface area contributed by atoms with Gasteiger partial charge in [-0.3, -0.25) is 0 Å². The SMILES string of the molecule is COc1cc(N2CCN(c3ccc(C(F)(F)F)cn3)CC2)ncn1. The van der Waals surface area contributed by atoms with Gasteiger partial charge in [0.1, 0.15) is 18.0 Å². The second kappa shape index (κ2) is 6.50. The third kappa shape index (κ3) is 3.50. The molecule has 24 heavy (non-hydrogen) atoms. The van der Waals surface area contributed by atoms with Crippen LogP contribution in [0.5, 0.6) is 5.88 Å². The van der Waals surface area contributed by atoms with Gasteiger partial charge in [-0.1, -0.05) is 0 Å². The molecule has 1 aliphatic heterocycles. The standard InChI is InChI=1S/C15H16F3N5O/c1-24-14-8-13(20-10-21-14)23-6-4-22(5-7-23)12-3-2-11(9-19-12)15(16,17)18/h2-3,8-10H,4-7H2,1H3. The van der Waals surface area contributed by atoms with Gasteiger partial charge in [-0.2, -0.15) is 13.2 Å². The monoisotopic (exact) mass is 339 g/mol. The zero-order chi connectivity index (χ0) is 17.2. The molecule has 0 bridgehead atoms. The fourth-order valence-electron chi connectivity index (χ4n) is 2.52. The van der Waals surface area contributed by atoms with Gasteiger partial charge in [-0.05, 0) is 12.1 Å². The van der Waals surface area contributed by atoms with E-state index in [1.807, 2.05) is 4.90 Å². The lowest BCUT2D eigenvalue weighted by atomic mass is 10.2. The van der Waals surface area contributed by atoms with Crippen LogP contribution >= 0.6 is 0 Å². The predicted molar refractivity (Wildman–Crippen MR) is 82.2 cm³/mol. The fourth-order valence-corrected chi connectivity index (χ4v) is 2.52. The Balaban J connectivity index is 1.64. The van der Waals surface area contributed by atoms with Crippen molar-refractivity contribution >= 4 is 11.6 Å². The van der Waals surface area contributed by atoms with Gasteiger partial charge >= 0.3 is 6.18 Å². The maximum absolute atomic E-state index is 12.6. The van der Waals surface area contributed by atoms with Crippen LogP contribution in [-0.2, 0) is 6.18 Å². The maximum atomic E-state index is 12.6. The summed E-state index contributed by atoms with van der Waals surface area (Å²) in [4.78, 5) is 16.2. The maximum Gasteiger partial charge on any atom is 0.417 e. The Labute approximate surface area is 136 Å². The molecule has 2 aromatic heterocycles. The average molecular weight is 339 g/mol. The molecule has 0 saturated carbocycles. The van der Waals surface area contributed by atoms with E-state index in [-0.39, 0.29) is 0 Å². The van der Waals surface area contributed by atoms with Crippen LogP contribution in [0.1, 0.15) is 5.56 Å². The summed E-state index contributed by atoms with van der Waals surface area (Å²) in [6.07, 6.45) is -2.05. The fraction of sp³-hybridized carbons (Fsp3) is 0.400. The minimum Gasteiger partial charge on any atom is -0.481 e. The number of ether oxygens (including phenoxy) is 1. The van der Waals surface area contributed by atoms with Crippen LogP contribution in [0.3, 0.4) is 0 Å². The predicted octanol–water partition coefficient (Wildman–Crippen LogP) is 2.23. The summed E-state index contributed by atoms with van der Waals surface area (Å²) < 4.78 is 42.8. The van der Waals surface area contributed by atoms with Gasteiger partial charge in [0.25, 0.3) is 0 Å². The van der Waals surface area contributed by atoms with Crippen molar-refractivity contribution in [3.8, 4) is 5.88 Å². The van der Waals surface area contributed by atoms with E-state index in [1.165, 1.54) is 12.4 Å². The van der Waals surface area contributed by atoms with Crippen LogP contribution in [0.15, 0.2) is 30.7 Å². The lowest BCUT2D eigenvalue weighted by Crippen LogP contribution is -2.47. The van der Waals surface area contributed by atoms with Crippen molar-refractivity contribution in [2.45, 2.75) is 6.18 Å². The molecule has 0 spiro atoms. The molecule has 9 heteroatoms. The molecular formula is C15H16F3N5O. The van der Waals surface area contributed by atoms with Crippen molar-refractivity contribution in [3.63, 3.8) is 0 Å². The number of halogens is 3. The highest BCUT2D eigenvalue weighted by atomic mass is 19.4. The highest BCUT2D eigenvalue weighted by molar-refractivity contribution is 5.46. The Bertz CT molecular complexity index is 684. The molecule has 0 aliphatic carbocycles. The van der Waals surface area contributed by atoms with Crippen LogP contribution in [0.4, 0.5) is 24.8 Å². The number of rotatable bonds is 3. The van der Waals surface area contributed by atoms with Gasteiger partial charge in [0.05, 0.1) is 12.7 Å². The van der Waals surface area contributed by atoms with Crippen LogP contribution in [0.25, 0.3) is 0 Å². The molecule has 0 atom stereocenters. The molecule has 0 amide bonds. The van der Waals surface area contributed by atoms with Crippen molar-refractivity contribution in [1.82, 2.24) is 15.0 Å². The number of pyridine rings is 1. The summed E-state index contributed by atoms with van der Waals surface area (Å²) in [5.41, 5.74) is -0.738. The molecule has 0 N–H and O–H groups in total. The first-order valence-electron chi connectivity index (χ1n) is 7.36. The van der Waals surface area contributed by atoms with E-state index < -0.39 is 11.7 Å². The number of aromatic nitrogens is 3. The van der Waals surface area contributed by atoms with E-state index in [2.05, 4.69) is 19.9 Å². The summed E-state index contributed by atoms with van der Waals surface area (Å²) >= 11 is 0. The van der Waals surface area contributed by atoms with E-state index in [0.717, 1.165) is 18.1 Å². The second-order valence-electron chi connectivity index (χ2n) is 5.30. The van der Waals surface area contributed by atoms with Gasteiger partial charge in [0.15, 0.2) is 0 Å². The first-order chi connectivity index (χ1) is 11.5.